The topological polar surface area (TPSA) is 103 Å². The van der Waals surface area contributed by atoms with Gasteiger partial charge in [0.25, 0.3) is 0 Å². The molecule has 2 aliphatic carbocycles. The number of benzene rings is 6. The molecular weight excluding hydrogens is 689 g/mol. The first-order valence-electron chi connectivity index (χ1n) is 18.2. The SMILES string of the molecule is N=C1C=CC=C/C1=N/Nc1ccc(N(c2ccccc2)c2ccc(-c3ccc(N(c4ccccc4)c4ccc(N/N=C5/C=CC=CC5=N)cc4)cc3)cc2)cc1. The maximum Gasteiger partial charge on any atom is 0.108 e. The highest BCUT2D eigenvalue weighted by Crippen LogP contribution is 2.38. The third kappa shape index (κ3) is 8.05. The van der Waals surface area contributed by atoms with Crippen molar-refractivity contribution >= 4 is 68.3 Å². The zero-order valence-electron chi connectivity index (χ0n) is 30.4. The van der Waals surface area contributed by atoms with Crippen molar-refractivity contribution in [1.29, 1.82) is 10.8 Å². The quantitative estimate of drug-likeness (QED) is 0.0788. The smallest absolute Gasteiger partial charge is 0.108 e. The fourth-order valence-corrected chi connectivity index (χ4v) is 6.42. The van der Waals surface area contributed by atoms with E-state index in [4.69, 9.17) is 10.8 Å². The molecule has 6 aromatic carbocycles. The van der Waals surface area contributed by atoms with Gasteiger partial charge in [0, 0.05) is 34.1 Å². The second-order valence-electron chi connectivity index (χ2n) is 13.0. The zero-order valence-corrected chi connectivity index (χ0v) is 30.4. The Morgan fingerprint density at radius 2 is 0.643 bits per heavy atom. The van der Waals surface area contributed by atoms with Crippen molar-refractivity contribution in [2.45, 2.75) is 0 Å². The Morgan fingerprint density at radius 3 is 0.982 bits per heavy atom. The monoisotopic (exact) mass is 726 g/mol. The van der Waals surface area contributed by atoms with E-state index < -0.39 is 0 Å². The van der Waals surface area contributed by atoms with Gasteiger partial charge in [-0.15, -0.1) is 0 Å². The minimum absolute atomic E-state index is 0.372. The molecule has 0 saturated heterocycles. The summed E-state index contributed by atoms with van der Waals surface area (Å²) in [7, 11) is 0. The van der Waals surface area contributed by atoms with Crippen LogP contribution in [0.25, 0.3) is 11.1 Å². The Hall–Kier alpha value is -7.84. The molecule has 8 heteroatoms. The minimum atomic E-state index is 0.372. The van der Waals surface area contributed by atoms with Gasteiger partial charge in [0.1, 0.15) is 11.4 Å². The van der Waals surface area contributed by atoms with Crippen LogP contribution in [-0.2, 0) is 0 Å². The van der Waals surface area contributed by atoms with Crippen LogP contribution in [0.15, 0.2) is 217 Å². The lowest BCUT2D eigenvalue weighted by molar-refractivity contribution is 1.27. The molecule has 0 aromatic heterocycles. The average Bonchev–Trinajstić information content (AvgIpc) is 3.25. The first-order valence-corrected chi connectivity index (χ1v) is 18.2. The summed E-state index contributed by atoms with van der Waals surface area (Å²) in [4.78, 5) is 4.46. The Morgan fingerprint density at radius 1 is 0.339 bits per heavy atom. The Kier molecular flexibility index (Phi) is 10.3. The first-order chi connectivity index (χ1) is 27.6. The van der Waals surface area contributed by atoms with Crippen molar-refractivity contribution in [3.05, 3.63) is 206 Å². The van der Waals surface area contributed by atoms with E-state index in [1.54, 1.807) is 12.2 Å². The molecule has 0 spiro atoms. The van der Waals surface area contributed by atoms with Gasteiger partial charge in [0.2, 0.25) is 0 Å². The van der Waals surface area contributed by atoms with E-state index >= 15 is 0 Å². The molecule has 0 atom stereocenters. The van der Waals surface area contributed by atoms with E-state index in [0.29, 0.717) is 22.8 Å². The molecule has 0 fully saturated rings. The van der Waals surface area contributed by atoms with Gasteiger partial charge >= 0.3 is 0 Å². The number of anilines is 8. The van der Waals surface area contributed by atoms with E-state index in [2.05, 4.69) is 128 Å². The predicted octanol–water partition coefficient (Wildman–Crippen LogP) is 12.1. The van der Waals surface area contributed by atoms with E-state index in [-0.39, 0.29) is 0 Å². The van der Waals surface area contributed by atoms with Gasteiger partial charge in [0.05, 0.1) is 22.8 Å². The van der Waals surface area contributed by atoms with E-state index in [1.165, 1.54) is 0 Å². The molecule has 0 amide bonds. The van der Waals surface area contributed by atoms with Crippen molar-refractivity contribution in [1.82, 2.24) is 0 Å². The van der Waals surface area contributed by atoms with Gasteiger partial charge in [-0.3, -0.25) is 21.7 Å². The summed E-state index contributed by atoms with van der Waals surface area (Å²) in [6.45, 7) is 0. The van der Waals surface area contributed by atoms with Crippen molar-refractivity contribution in [2.75, 3.05) is 20.7 Å². The van der Waals surface area contributed by atoms with Crippen LogP contribution in [0, 0.1) is 10.8 Å². The standard InChI is InChI=1S/C48H38N8/c49-45-15-7-9-17-47(45)53-51-37-23-31-43(32-24-37)55(39-11-3-1-4-12-39)41-27-19-35(20-28-41)36-21-29-42(30-22-36)56(40-13-5-2-6-14-40)44-33-25-38(26-34-44)52-54-48-18-10-8-16-46(48)50/h1-34,49-52H/b49-45?,50-46?,53-47-,54-48-. The molecule has 0 heterocycles. The number of hydrogen-bond acceptors (Lipinski definition) is 8. The number of hydrazone groups is 2. The summed E-state index contributed by atoms with van der Waals surface area (Å²) in [6.07, 6.45) is 14.5. The van der Waals surface area contributed by atoms with Gasteiger partial charge in [-0.05, 0) is 132 Å². The molecule has 0 radical (unpaired) electrons. The van der Waals surface area contributed by atoms with Crippen molar-refractivity contribution in [3.63, 3.8) is 0 Å². The van der Waals surface area contributed by atoms with Crippen LogP contribution in [-0.4, -0.2) is 22.8 Å². The van der Waals surface area contributed by atoms with Gasteiger partial charge in [-0.25, -0.2) is 0 Å². The maximum atomic E-state index is 8.07. The lowest BCUT2D eigenvalue weighted by Crippen LogP contribution is -2.12. The summed E-state index contributed by atoms with van der Waals surface area (Å²) in [5.74, 6) is 0. The molecule has 8 rings (SSSR count). The maximum absolute atomic E-state index is 8.07. The lowest BCUT2D eigenvalue weighted by Gasteiger charge is -2.26. The van der Waals surface area contributed by atoms with Crippen LogP contribution in [0.4, 0.5) is 45.5 Å². The molecule has 0 saturated carbocycles. The highest BCUT2D eigenvalue weighted by Gasteiger charge is 2.15. The van der Waals surface area contributed by atoms with Crippen LogP contribution < -0.4 is 20.7 Å². The average molecular weight is 727 g/mol. The number of rotatable bonds is 11. The largest absolute Gasteiger partial charge is 0.311 e. The Bertz CT molecular complexity index is 2330. The molecule has 0 bridgehead atoms. The molecule has 56 heavy (non-hydrogen) atoms. The van der Waals surface area contributed by atoms with Crippen LogP contribution in [0.5, 0.6) is 0 Å². The van der Waals surface area contributed by atoms with Crippen LogP contribution in [0.1, 0.15) is 0 Å². The molecule has 0 aliphatic heterocycles. The lowest BCUT2D eigenvalue weighted by atomic mass is 10.0. The summed E-state index contributed by atoms with van der Waals surface area (Å²) in [6, 6.07) is 54.2. The molecular formula is C48H38N8. The van der Waals surface area contributed by atoms with Crippen molar-refractivity contribution in [2.24, 2.45) is 10.2 Å². The number of para-hydroxylation sites is 2. The van der Waals surface area contributed by atoms with Gasteiger partial charge in [-0.2, -0.15) is 10.2 Å². The summed E-state index contributed by atoms with van der Waals surface area (Å²) >= 11 is 0. The fraction of sp³-hybridized carbons (Fsp3) is 0. The number of allylic oxidation sites excluding steroid dienone is 8. The van der Waals surface area contributed by atoms with Crippen LogP contribution in [0.2, 0.25) is 0 Å². The summed E-state index contributed by atoms with van der Waals surface area (Å²) in [5.41, 5.74) is 18.2. The molecule has 8 nitrogen and oxygen atoms in total. The predicted molar refractivity (Wildman–Crippen MR) is 235 cm³/mol. The van der Waals surface area contributed by atoms with Gasteiger partial charge in [0.15, 0.2) is 0 Å². The highest BCUT2D eigenvalue weighted by atomic mass is 15.3. The number of nitrogens with zero attached hydrogens (tertiary/aromatic N) is 4. The second kappa shape index (κ2) is 16.4. The molecule has 0 unspecified atom stereocenters. The van der Waals surface area contributed by atoms with Gasteiger partial charge < -0.3 is 9.80 Å². The molecule has 6 aromatic rings. The highest BCUT2D eigenvalue weighted by molar-refractivity contribution is 6.50. The van der Waals surface area contributed by atoms with E-state index in [9.17, 15) is 0 Å². The van der Waals surface area contributed by atoms with Crippen LogP contribution >= 0.6 is 0 Å². The molecule has 270 valence electrons. The molecule has 4 N–H and O–H groups in total. The Balaban J connectivity index is 1.02. The van der Waals surface area contributed by atoms with E-state index in [0.717, 1.165) is 56.6 Å². The summed E-state index contributed by atoms with van der Waals surface area (Å²) < 4.78 is 0. The number of hydrogen-bond donors (Lipinski definition) is 4. The van der Waals surface area contributed by atoms with E-state index in [1.807, 2.05) is 97.1 Å². The fourth-order valence-electron chi connectivity index (χ4n) is 6.42. The van der Waals surface area contributed by atoms with Crippen molar-refractivity contribution < 1.29 is 0 Å². The number of nitrogens with one attached hydrogen (secondary N) is 4. The third-order valence-corrected chi connectivity index (χ3v) is 9.28. The third-order valence-electron chi connectivity index (χ3n) is 9.28. The minimum Gasteiger partial charge on any atom is -0.311 e. The first kappa shape index (κ1) is 35.2. The van der Waals surface area contributed by atoms with Crippen molar-refractivity contribution in [3.8, 4) is 11.1 Å². The van der Waals surface area contributed by atoms with Gasteiger partial charge in [-0.1, -0.05) is 85.0 Å². The van der Waals surface area contributed by atoms with Crippen LogP contribution in [0.3, 0.4) is 0 Å². The second-order valence-corrected chi connectivity index (χ2v) is 13.0. The molecule has 2 aliphatic rings. The zero-order chi connectivity index (χ0) is 38.1. The summed E-state index contributed by atoms with van der Waals surface area (Å²) in [5, 5.41) is 25.0. The normalized spacial score (nSPS) is 14.6. The Labute approximate surface area is 326 Å².